The number of rotatable bonds is 7. The van der Waals surface area contributed by atoms with Crippen molar-refractivity contribution in [3.8, 4) is 0 Å². The summed E-state index contributed by atoms with van der Waals surface area (Å²) in [6.07, 6.45) is -3.63. The fourth-order valence-electron chi connectivity index (χ4n) is 1.43. The molecule has 16 heavy (non-hydrogen) atoms. The summed E-state index contributed by atoms with van der Waals surface area (Å²) in [7, 11) is 0. The summed E-state index contributed by atoms with van der Waals surface area (Å²) in [4.78, 5) is 0. The highest BCUT2D eigenvalue weighted by Gasteiger charge is 2.32. The Balaban J connectivity index is 1.85. The highest BCUT2D eigenvalue weighted by molar-refractivity contribution is 4.82. The SMILES string of the molecule is CC1(CNCCCOCC(F)(F)F)COC1. The minimum absolute atomic E-state index is 0.139. The standard InChI is InChI=1S/C10H18F3NO2/c1-9(6-16-7-9)5-14-3-2-4-15-8-10(11,12)13/h14H,2-8H2,1H3. The molecular formula is C10H18F3NO2. The maximum Gasteiger partial charge on any atom is 0.411 e. The van der Waals surface area contributed by atoms with Gasteiger partial charge in [0.2, 0.25) is 0 Å². The summed E-state index contributed by atoms with van der Waals surface area (Å²) in [5, 5.41) is 3.18. The van der Waals surface area contributed by atoms with Crippen molar-refractivity contribution < 1.29 is 22.6 Å². The fraction of sp³-hybridized carbons (Fsp3) is 1.00. The van der Waals surface area contributed by atoms with Crippen LogP contribution >= 0.6 is 0 Å². The molecule has 0 atom stereocenters. The van der Waals surface area contributed by atoms with Gasteiger partial charge in [0.1, 0.15) is 6.61 Å². The molecule has 1 saturated heterocycles. The molecule has 0 bridgehead atoms. The summed E-state index contributed by atoms with van der Waals surface area (Å²) in [5.41, 5.74) is 0.201. The third kappa shape index (κ3) is 5.67. The van der Waals surface area contributed by atoms with Crippen LogP contribution in [0.25, 0.3) is 0 Å². The molecule has 0 saturated carbocycles. The zero-order chi connectivity index (χ0) is 12.1. The Morgan fingerprint density at radius 3 is 2.56 bits per heavy atom. The molecule has 1 aliphatic heterocycles. The maximum absolute atomic E-state index is 11.7. The van der Waals surface area contributed by atoms with Crippen molar-refractivity contribution in [3.63, 3.8) is 0 Å². The van der Waals surface area contributed by atoms with Gasteiger partial charge in [0.25, 0.3) is 0 Å². The first-order valence-corrected chi connectivity index (χ1v) is 5.34. The first-order chi connectivity index (χ1) is 7.41. The number of alkyl halides is 3. The van der Waals surface area contributed by atoms with E-state index in [1.165, 1.54) is 0 Å². The van der Waals surface area contributed by atoms with Crippen molar-refractivity contribution in [3.05, 3.63) is 0 Å². The largest absolute Gasteiger partial charge is 0.411 e. The quantitative estimate of drug-likeness (QED) is 0.686. The third-order valence-corrected chi connectivity index (χ3v) is 2.36. The van der Waals surface area contributed by atoms with E-state index in [2.05, 4.69) is 17.0 Å². The summed E-state index contributed by atoms with van der Waals surface area (Å²) in [6, 6.07) is 0. The van der Waals surface area contributed by atoms with Crippen LogP contribution in [0.4, 0.5) is 13.2 Å². The molecule has 0 aromatic rings. The van der Waals surface area contributed by atoms with Gasteiger partial charge in [-0.3, -0.25) is 0 Å². The Hall–Kier alpha value is -0.330. The van der Waals surface area contributed by atoms with E-state index in [9.17, 15) is 13.2 Å². The Kier molecular flexibility index (Phi) is 5.01. The third-order valence-electron chi connectivity index (χ3n) is 2.36. The minimum atomic E-state index is -4.22. The predicted octanol–water partition coefficient (Wildman–Crippen LogP) is 1.58. The van der Waals surface area contributed by atoms with Gasteiger partial charge in [-0.25, -0.2) is 0 Å². The molecule has 3 nitrogen and oxygen atoms in total. The Bertz CT molecular complexity index is 205. The highest BCUT2D eigenvalue weighted by Crippen LogP contribution is 2.24. The molecule has 0 unspecified atom stereocenters. The van der Waals surface area contributed by atoms with Gasteiger partial charge in [-0.15, -0.1) is 0 Å². The van der Waals surface area contributed by atoms with E-state index in [0.29, 0.717) is 13.0 Å². The molecule has 0 aromatic carbocycles. The molecule has 0 aliphatic carbocycles. The van der Waals surface area contributed by atoms with E-state index < -0.39 is 12.8 Å². The number of hydrogen-bond donors (Lipinski definition) is 1. The molecule has 1 N–H and O–H groups in total. The number of ether oxygens (including phenoxy) is 2. The second-order valence-electron chi connectivity index (χ2n) is 4.50. The average Bonchev–Trinajstić information content (AvgIpc) is 2.12. The summed E-state index contributed by atoms with van der Waals surface area (Å²) < 4.78 is 44.6. The van der Waals surface area contributed by atoms with E-state index in [0.717, 1.165) is 19.8 Å². The van der Waals surface area contributed by atoms with Crippen LogP contribution in [-0.2, 0) is 9.47 Å². The number of hydrogen-bond acceptors (Lipinski definition) is 3. The predicted molar refractivity (Wildman–Crippen MR) is 53.3 cm³/mol. The second kappa shape index (κ2) is 5.84. The van der Waals surface area contributed by atoms with Gasteiger partial charge >= 0.3 is 6.18 Å². The van der Waals surface area contributed by atoms with Crippen molar-refractivity contribution in [1.29, 1.82) is 0 Å². The molecule has 0 radical (unpaired) electrons. The van der Waals surface area contributed by atoms with Crippen molar-refractivity contribution in [2.24, 2.45) is 5.41 Å². The summed E-state index contributed by atoms with van der Waals surface area (Å²) in [5.74, 6) is 0. The Labute approximate surface area is 93.3 Å². The van der Waals surface area contributed by atoms with Gasteiger partial charge in [0.05, 0.1) is 13.2 Å². The van der Waals surface area contributed by atoms with E-state index in [4.69, 9.17) is 4.74 Å². The molecule has 0 amide bonds. The van der Waals surface area contributed by atoms with Crippen LogP contribution < -0.4 is 5.32 Å². The van der Waals surface area contributed by atoms with Gasteiger partial charge in [0.15, 0.2) is 0 Å². The van der Waals surface area contributed by atoms with Crippen LogP contribution in [0.1, 0.15) is 13.3 Å². The van der Waals surface area contributed by atoms with E-state index >= 15 is 0 Å². The van der Waals surface area contributed by atoms with Crippen LogP contribution in [0.5, 0.6) is 0 Å². The fourth-order valence-corrected chi connectivity index (χ4v) is 1.43. The highest BCUT2D eigenvalue weighted by atomic mass is 19.4. The summed E-state index contributed by atoms with van der Waals surface area (Å²) in [6.45, 7) is 4.12. The lowest BCUT2D eigenvalue weighted by Crippen LogP contribution is -2.47. The Morgan fingerprint density at radius 2 is 2.06 bits per heavy atom. The molecule has 6 heteroatoms. The van der Waals surface area contributed by atoms with E-state index in [-0.39, 0.29) is 12.0 Å². The molecule has 0 aromatic heterocycles. The smallest absolute Gasteiger partial charge is 0.380 e. The number of halogens is 3. The van der Waals surface area contributed by atoms with E-state index in [1.54, 1.807) is 0 Å². The topological polar surface area (TPSA) is 30.5 Å². The molecule has 0 spiro atoms. The van der Waals surface area contributed by atoms with E-state index in [1.807, 2.05) is 0 Å². The lowest BCUT2D eigenvalue weighted by molar-refractivity contribution is -0.174. The molecular weight excluding hydrogens is 223 g/mol. The van der Waals surface area contributed by atoms with Gasteiger partial charge in [-0.05, 0) is 13.0 Å². The molecule has 96 valence electrons. The molecule has 1 rings (SSSR count). The van der Waals surface area contributed by atoms with Gasteiger partial charge in [-0.2, -0.15) is 13.2 Å². The molecule has 1 fully saturated rings. The van der Waals surface area contributed by atoms with Crippen LogP contribution in [0, 0.1) is 5.41 Å². The van der Waals surface area contributed by atoms with Crippen molar-refractivity contribution in [1.82, 2.24) is 5.32 Å². The Morgan fingerprint density at radius 1 is 1.38 bits per heavy atom. The van der Waals surface area contributed by atoms with Crippen LogP contribution in [0.2, 0.25) is 0 Å². The molecule has 1 aliphatic rings. The molecule has 1 heterocycles. The van der Waals surface area contributed by atoms with Gasteiger partial charge in [0, 0.05) is 18.6 Å². The monoisotopic (exact) mass is 241 g/mol. The van der Waals surface area contributed by atoms with Gasteiger partial charge in [-0.1, -0.05) is 6.92 Å². The van der Waals surface area contributed by atoms with Crippen LogP contribution in [-0.4, -0.2) is 45.7 Å². The zero-order valence-electron chi connectivity index (χ0n) is 9.40. The average molecular weight is 241 g/mol. The lowest BCUT2D eigenvalue weighted by atomic mass is 9.89. The van der Waals surface area contributed by atoms with Crippen molar-refractivity contribution >= 4 is 0 Å². The normalized spacial score (nSPS) is 19.5. The first-order valence-electron chi connectivity index (χ1n) is 5.34. The summed E-state index contributed by atoms with van der Waals surface area (Å²) >= 11 is 0. The zero-order valence-corrected chi connectivity index (χ0v) is 9.40. The second-order valence-corrected chi connectivity index (χ2v) is 4.50. The van der Waals surface area contributed by atoms with Crippen molar-refractivity contribution in [2.75, 3.05) is 39.5 Å². The van der Waals surface area contributed by atoms with Crippen LogP contribution in [0.3, 0.4) is 0 Å². The first kappa shape index (κ1) is 13.7. The number of nitrogens with one attached hydrogen (secondary N) is 1. The lowest BCUT2D eigenvalue weighted by Gasteiger charge is -2.38. The van der Waals surface area contributed by atoms with Crippen molar-refractivity contribution in [2.45, 2.75) is 19.5 Å². The minimum Gasteiger partial charge on any atom is -0.380 e. The van der Waals surface area contributed by atoms with Gasteiger partial charge < -0.3 is 14.8 Å². The van der Waals surface area contributed by atoms with Crippen LogP contribution in [0.15, 0.2) is 0 Å². The maximum atomic E-state index is 11.7.